The average Bonchev–Trinajstić information content (AvgIpc) is 3.52. The highest BCUT2D eigenvalue weighted by molar-refractivity contribution is 6.32. The summed E-state index contributed by atoms with van der Waals surface area (Å²) in [5, 5.41) is 15.4. The molecule has 1 saturated heterocycles. The van der Waals surface area contributed by atoms with Gasteiger partial charge in [-0.2, -0.15) is 0 Å². The number of likely N-dealkylation sites (tertiary alicyclic amines) is 1. The summed E-state index contributed by atoms with van der Waals surface area (Å²) < 4.78 is 17.4. The van der Waals surface area contributed by atoms with Crippen LogP contribution in [0.25, 0.3) is 11.3 Å². The SMILES string of the molecule is COc1cc(Cl)c(OC)c2c1NC(c1ccc(-c3ccccc3[N+](=O)[O-])o1)CC2N1CCCC1=O. The molecule has 2 aliphatic heterocycles. The molecule has 10 heteroatoms. The van der Waals surface area contributed by atoms with Gasteiger partial charge in [0.1, 0.15) is 23.0 Å². The molecule has 0 bridgehead atoms. The van der Waals surface area contributed by atoms with Gasteiger partial charge < -0.3 is 24.1 Å². The zero-order valence-electron chi connectivity index (χ0n) is 19.2. The number of methoxy groups -OCH3 is 2. The van der Waals surface area contributed by atoms with Gasteiger partial charge in [-0.25, -0.2) is 0 Å². The second-order valence-electron chi connectivity index (χ2n) is 8.50. The molecule has 5 rings (SSSR count). The van der Waals surface area contributed by atoms with Crippen molar-refractivity contribution in [2.45, 2.75) is 31.3 Å². The van der Waals surface area contributed by atoms with E-state index in [1.54, 1.807) is 50.6 Å². The molecule has 2 aromatic carbocycles. The minimum Gasteiger partial charge on any atom is -0.495 e. The minimum absolute atomic E-state index is 0.0306. The number of hydrogen-bond acceptors (Lipinski definition) is 7. The number of para-hydroxylation sites is 1. The van der Waals surface area contributed by atoms with Gasteiger partial charge in [-0.1, -0.05) is 23.7 Å². The first-order chi connectivity index (χ1) is 16.9. The fraction of sp³-hybridized carbons (Fsp3) is 0.320. The van der Waals surface area contributed by atoms with Crippen molar-refractivity contribution < 1.29 is 23.6 Å². The van der Waals surface area contributed by atoms with E-state index in [1.807, 2.05) is 4.90 Å². The van der Waals surface area contributed by atoms with Crippen molar-refractivity contribution in [3.8, 4) is 22.8 Å². The second kappa shape index (κ2) is 9.14. The lowest BCUT2D eigenvalue weighted by Crippen LogP contribution is -2.35. The number of nitrogens with zero attached hydrogens (tertiary/aromatic N) is 2. The van der Waals surface area contributed by atoms with Gasteiger partial charge in [0.2, 0.25) is 5.91 Å². The zero-order valence-corrected chi connectivity index (χ0v) is 20.0. The molecule has 0 saturated carbocycles. The van der Waals surface area contributed by atoms with Crippen LogP contribution in [0.4, 0.5) is 11.4 Å². The first kappa shape index (κ1) is 23.0. The molecule has 3 aromatic rings. The molecule has 0 aliphatic carbocycles. The molecule has 2 atom stereocenters. The van der Waals surface area contributed by atoms with Crippen molar-refractivity contribution in [2.24, 2.45) is 0 Å². The number of carbonyl (C=O) groups is 1. The Labute approximate surface area is 206 Å². The van der Waals surface area contributed by atoms with Gasteiger partial charge in [-0.3, -0.25) is 14.9 Å². The van der Waals surface area contributed by atoms with E-state index >= 15 is 0 Å². The molecular weight excluding hydrogens is 474 g/mol. The van der Waals surface area contributed by atoms with Gasteiger partial charge in [0.25, 0.3) is 5.69 Å². The van der Waals surface area contributed by atoms with E-state index in [0.717, 1.165) is 12.0 Å². The largest absolute Gasteiger partial charge is 0.495 e. The van der Waals surface area contributed by atoms with Crippen molar-refractivity contribution in [1.82, 2.24) is 4.90 Å². The molecule has 1 amide bonds. The molecule has 3 heterocycles. The van der Waals surface area contributed by atoms with Gasteiger partial charge in [0.05, 0.1) is 47.5 Å². The van der Waals surface area contributed by atoms with Crippen LogP contribution in [0.3, 0.4) is 0 Å². The Bertz CT molecular complexity index is 1310. The van der Waals surface area contributed by atoms with Crippen LogP contribution < -0.4 is 14.8 Å². The zero-order chi connectivity index (χ0) is 24.7. The lowest BCUT2D eigenvalue weighted by Gasteiger charge is -2.39. The van der Waals surface area contributed by atoms with E-state index in [1.165, 1.54) is 6.07 Å². The minimum atomic E-state index is -0.428. The molecule has 35 heavy (non-hydrogen) atoms. The molecule has 9 nitrogen and oxygen atoms in total. The highest BCUT2D eigenvalue weighted by Crippen LogP contribution is 2.53. The molecule has 2 unspecified atom stereocenters. The van der Waals surface area contributed by atoms with Crippen LogP contribution in [0.15, 0.2) is 46.9 Å². The fourth-order valence-corrected chi connectivity index (χ4v) is 5.31. The topological polar surface area (TPSA) is 107 Å². The number of anilines is 1. The highest BCUT2D eigenvalue weighted by atomic mass is 35.5. The van der Waals surface area contributed by atoms with Gasteiger partial charge in [0.15, 0.2) is 0 Å². The first-order valence-electron chi connectivity index (χ1n) is 11.3. The molecule has 1 aromatic heterocycles. The monoisotopic (exact) mass is 497 g/mol. The van der Waals surface area contributed by atoms with Crippen LogP contribution in [0.2, 0.25) is 5.02 Å². The Morgan fingerprint density at radius 3 is 2.69 bits per heavy atom. The van der Waals surface area contributed by atoms with Crippen LogP contribution >= 0.6 is 11.6 Å². The normalized spacial score (nSPS) is 19.3. The van der Waals surface area contributed by atoms with Crippen LogP contribution in [0, 0.1) is 10.1 Å². The number of fused-ring (bicyclic) bond motifs is 1. The molecule has 0 spiro atoms. The van der Waals surface area contributed by atoms with E-state index in [9.17, 15) is 14.9 Å². The molecule has 1 N–H and O–H groups in total. The third-order valence-corrected chi connectivity index (χ3v) is 6.87. The molecule has 1 fully saturated rings. The van der Waals surface area contributed by atoms with Gasteiger partial charge in [0, 0.05) is 30.7 Å². The number of ether oxygens (including phenoxy) is 2. The number of amides is 1. The van der Waals surface area contributed by atoms with E-state index in [4.69, 9.17) is 25.5 Å². The summed E-state index contributed by atoms with van der Waals surface area (Å²) in [4.78, 5) is 25.7. The van der Waals surface area contributed by atoms with Crippen LogP contribution in [0.1, 0.15) is 42.7 Å². The number of hydrogen-bond donors (Lipinski definition) is 1. The summed E-state index contributed by atoms with van der Waals surface area (Å²) in [5.74, 6) is 2.09. The van der Waals surface area contributed by atoms with E-state index in [0.29, 0.717) is 58.7 Å². The van der Waals surface area contributed by atoms with Crippen molar-refractivity contribution >= 4 is 28.9 Å². The smallest absolute Gasteiger partial charge is 0.280 e. The Hall–Kier alpha value is -3.72. The van der Waals surface area contributed by atoms with E-state index in [-0.39, 0.29) is 23.7 Å². The summed E-state index contributed by atoms with van der Waals surface area (Å²) in [6.07, 6.45) is 1.78. The highest BCUT2D eigenvalue weighted by Gasteiger charge is 2.40. The van der Waals surface area contributed by atoms with E-state index in [2.05, 4.69) is 5.32 Å². The number of rotatable bonds is 6. The molecular formula is C25H24ClN3O6. The maximum absolute atomic E-state index is 12.8. The average molecular weight is 498 g/mol. The number of furan rings is 1. The maximum Gasteiger partial charge on any atom is 0.280 e. The van der Waals surface area contributed by atoms with Crippen molar-refractivity contribution in [3.63, 3.8) is 0 Å². The van der Waals surface area contributed by atoms with Gasteiger partial charge in [-0.15, -0.1) is 0 Å². The fourth-order valence-electron chi connectivity index (χ4n) is 5.03. The Kier molecular flexibility index (Phi) is 6.02. The predicted molar refractivity (Wildman–Crippen MR) is 130 cm³/mol. The predicted octanol–water partition coefficient (Wildman–Crippen LogP) is 5.75. The summed E-state index contributed by atoms with van der Waals surface area (Å²) in [5.41, 5.74) is 1.82. The van der Waals surface area contributed by atoms with Crippen LogP contribution in [-0.4, -0.2) is 36.5 Å². The van der Waals surface area contributed by atoms with Gasteiger partial charge in [-0.05, 0) is 31.0 Å². The van der Waals surface area contributed by atoms with Crippen LogP contribution in [0.5, 0.6) is 11.5 Å². The summed E-state index contributed by atoms with van der Waals surface area (Å²) in [6.45, 7) is 0.632. The quantitative estimate of drug-likeness (QED) is 0.341. The first-order valence-corrected chi connectivity index (χ1v) is 11.6. The number of halogens is 1. The Morgan fingerprint density at radius 1 is 1.20 bits per heavy atom. The van der Waals surface area contributed by atoms with Crippen molar-refractivity contribution in [1.29, 1.82) is 0 Å². The number of nitrogens with one attached hydrogen (secondary N) is 1. The Morgan fingerprint density at radius 2 is 2.00 bits per heavy atom. The van der Waals surface area contributed by atoms with Crippen LogP contribution in [-0.2, 0) is 4.79 Å². The van der Waals surface area contributed by atoms with Crippen molar-refractivity contribution in [3.05, 3.63) is 68.9 Å². The second-order valence-corrected chi connectivity index (χ2v) is 8.91. The number of nitro benzene ring substituents is 1. The lowest BCUT2D eigenvalue weighted by molar-refractivity contribution is -0.384. The number of carbonyl (C=O) groups excluding carboxylic acids is 1. The number of benzene rings is 2. The Balaban J connectivity index is 1.59. The summed E-state index contributed by atoms with van der Waals surface area (Å²) in [6, 6.07) is 11.0. The third kappa shape index (κ3) is 3.95. The summed E-state index contributed by atoms with van der Waals surface area (Å²) >= 11 is 6.51. The maximum atomic E-state index is 12.8. The van der Waals surface area contributed by atoms with E-state index < -0.39 is 4.92 Å². The molecule has 182 valence electrons. The summed E-state index contributed by atoms with van der Waals surface area (Å²) in [7, 11) is 3.10. The van der Waals surface area contributed by atoms with Crippen molar-refractivity contribution in [2.75, 3.05) is 26.1 Å². The molecule has 0 radical (unpaired) electrons. The third-order valence-electron chi connectivity index (χ3n) is 6.59. The van der Waals surface area contributed by atoms with Gasteiger partial charge >= 0.3 is 0 Å². The lowest BCUT2D eigenvalue weighted by atomic mass is 9.89. The standard InChI is InChI=1S/C25H24ClN3O6/c1-33-21-12-15(26)25(34-2)23-18(28-11-5-8-22(28)30)13-16(27-24(21)23)20-10-9-19(35-20)14-6-3-4-7-17(14)29(31)32/h3-4,6-7,9-10,12,16,18,27H,5,8,11,13H2,1-2H3. The molecule has 2 aliphatic rings. The number of nitro groups is 1.